The largest absolute Gasteiger partial charge is 0.478 e. The summed E-state index contributed by atoms with van der Waals surface area (Å²) in [7, 11) is -2.82. The van der Waals surface area contributed by atoms with E-state index in [0.717, 1.165) is 0 Å². The average Bonchev–Trinajstić information content (AvgIpc) is 2.36. The molecule has 2 aliphatic heterocycles. The lowest BCUT2D eigenvalue weighted by atomic mass is 10.0. The molecule has 128 valence electrons. The number of carbonyl (C=O) groups excluding carboxylic acids is 2. The maximum absolute atomic E-state index is 12.3. The Hall–Kier alpha value is -1.94. The summed E-state index contributed by atoms with van der Waals surface area (Å²) < 4.78 is 34.3. The van der Waals surface area contributed by atoms with Crippen LogP contribution in [0.4, 0.5) is 0 Å². The molecular weight excluding hydrogens is 330 g/mol. The first kappa shape index (κ1) is 17.4. The van der Waals surface area contributed by atoms with Gasteiger partial charge < -0.3 is 14.6 Å². The molecule has 10 heteroatoms. The maximum Gasteiger partial charge on any atom is 0.356 e. The molecule has 0 saturated carbocycles. The monoisotopic (exact) mass is 347 g/mol. The number of ether oxygens (including phenoxy) is 2. The lowest BCUT2D eigenvalue weighted by molar-refractivity contribution is -0.167. The summed E-state index contributed by atoms with van der Waals surface area (Å²) in [4.78, 5) is 36.4. The molecule has 1 N–H and O–H groups in total. The van der Waals surface area contributed by atoms with Crippen LogP contribution in [0.3, 0.4) is 0 Å². The van der Waals surface area contributed by atoms with Crippen molar-refractivity contribution in [1.29, 1.82) is 0 Å². The second-order valence-electron chi connectivity index (χ2n) is 6.20. The van der Waals surface area contributed by atoms with Crippen molar-refractivity contribution in [2.75, 3.05) is 12.9 Å². The van der Waals surface area contributed by atoms with Gasteiger partial charge in [0.15, 0.2) is 21.3 Å². The molecule has 2 heterocycles. The Bertz CT molecular complexity index is 715. The van der Waals surface area contributed by atoms with Crippen LogP contribution < -0.4 is 0 Å². The molecule has 0 radical (unpaired) electrons. The van der Waals surface area contributed by atoms with Gasteiger partial charge in [0, 0.05) is 7.11 Å². The van der Waals surface area contributed by atoms with E-state index >= 15 is 0 Å². The first-order valence-corrected chi connectivity index (χ1v) is 8.39. The van der Waals surface area contributed by atoms with E-state index in [0.29, 0.717) is 4.90 Å². The van der Waals surface area contributed by atoms with Gasteiger partial charge in [0.05, 0.1) is 11.3 Å². The van der Waals surface area contributed by atoms with Gasteiger partial charge in [0.2, 0.25) is 0 Å². The summed E-state index contributed by atoms with van der Waals surface area (Å²) in [6, 6.07) is 0. The highest BCUT2D eigenvalue weighted by Crippen LogP contribution is 2.38. The van der Waals surface area contributed by atoms with E-state index in [4.69, 9.17) is 9.47 Å². The fraction of sp³-hybridized carbons (Fsp3) is 0.615. The van der Waals surface area contributed by atoms with E-state index in [1.54, 1.807) is 20.8 Å². The van der Waals surface area contributed by atoms with Crippen LogP contribution >= 0.6 is 0 Å². The molecule has 0 aliphatic carbocycles. The third-order valence-electron chi connectivity index (χ3n) is 3.34. The molecule has 0 spiro atoms. The normalized spacial score (nSPS) is 26.4. The minimum Gasteiger partial charge on any atom is -0.478 e. The van der Waals surface area contributed by atoms with Crippen LogP contribution in [-0.2, 0) is 33.7 Å². The molecule has 1 amide bonds. The molecule has 1 fully saturated rings. The second kappa shape index (κ2) is 5.31. The zero-order valence-corrected chi connectivity index (χ0v) is 13.8. The minimum absolute atomic E-state index is 0.550. The van der Waals surface area contributed by atoms with Crippen LogP contribution in [-0.4, -0.2) is 66.2 Å². The molecule has 0 aromatic heterocycles. The fourth-order valence-corrected chi connectivity index (χ4v) is 4.42. The quantitative estimate of drug-likeness (QED) is 0.523. The number of carboxylic acid groups (broad SMARTS) is 1. The van der Waals surface area contributed by atoms with Crippen LogP contribution in [0.25, 0.3) is 0 Å². The van der Waals surface area contributed by atoms with Crippen molar-refractivity contribution in [1.82, 2.24) is 4.90 Å². The number of sulfone groups is 1. The van der Waals surface area contributed by atoms with Crippen LogP contribution in [0.15, 0.2) is 11.3 Å². The van der Waals surface area contributed by atoms with Gasteiger partial charge >= 0.3 is 11.9 Å². The highest BCUT2D eigenvalue weighted by atomic mass is 32.2. The van der Waals surface area contributed by atoms with Crippen molar-refractivity contribution in [2.24, 2.45) is 0 Å². The van der Waals surface area contributed by atoms with Crippen molar-refractivity contribution >= 4 is 27.7 Å². The number of amides is 1. The van der Waals surface area contributed by atoms with Crippen molar-refractivity contribution in [3.05, 3.63) is 11.3 Å². The van der Waals surface area contributed by atoms with Crippen molar-refractivity contribution < 1.29 is 37.4 Å². The zero-order chi connectivity index (χ0) is 17.7. The Morgan fingerprint density at radius 2 is 1.87 bits per heavy atom. The highest BCUT2D eigenvalue weighted by molar-refractivity contribution is 7.92. The van der Waals surface area contributed by atoms with Gasteiger partial charge in [-0.15, -0.1) is 0 Å². The summed E-state index contributed by atoms with van der Waals surface area (Å²) >= 11 is 0. The third kappa shape index (κ3) is 2.83. The molecule has 0 aromatic rings. The smallest absolute Gasteiger partial charge is 0.356 e. The van der Waals surface area contributed by atoms with Gasteiger partial charge in [-0.2, -0.15) is 0 Å². The zero-order valence-electron chi connectivity index (χ0n) is 13.0. The molecule has 1 saturated heterocycles. The molecule has 1 unspecified atom stereocenters. The Morgan fingerprint density at radius 1 is 1.30 bits per heavy atom. The first-order chi connectivity index (χ1) is 10.4. The van der Waals surface area contributed by atoms with Crippen LogP contribution in [0, 0.1) is 0 Å². The van der Waals surface area contributed by atoms with E-state index in [1.807, 2.05) is 0 Å². The predicted octanol–water partition coefficient (Wildman–Crippen LogP) is -0.721. The van der Waals surface area contributed by atoms with E-state index in [2.05, 4.69) is 0 Å². The van der Waals surface area contributed by atoms with E-state index in [1.165, 1.54) is 7.11 Å². The molecule has 0 aromatic carbocycles. The number of carboxylic acids is 1. The summed E-state index contributed by atoms with van der Waals surface area (Å²) in [5.74, 6) is -4.31. The average molecular weight is 347 g/mol. The Balaban J connectivity index is 2.57. The minimum atomic E-state index is -3.99. The van der Waals surface area contributed by atoms with Gasteiger partial charge in [-0.1, -0.05) is 0 Å². The van der Waals surface area contributed by atoms with Crippen LogP contribution in [0.1, 0.15) is 20.8 Å². The number of carbonyl (C=O) groups is 3. The topological polar surface area (TPSA) is 127 Å². The van der Waals surface area contributed by atoms with E-state index in [-0.39, 0.29) is 0 Å². The van der Waals surface area contributed by atoms with E-state index in [9.17, 15) is 27.9 Å². The number of aliphatic carboxylic acids is 1. The van der Waals surface area contributed by atoms with Crippen molar-refractivity contribution in [3.63, 3.8) is 0 Å². The molecule has 2 rings (SSSR count). The number of methoxy groups -OCH3 is 1. The van der Waals surface area contributed by atoms with Gasteiger partial charge in [-0.05, 0) is 20.8 Å². The molecule has 23 heavy (non-hydrogen) atoms. The second-order valence-corrected chi connectivity index (χ2v) is 8.29. The van der Waals surface area contributed by atoms with Crippen LogP contribution in [0.5, 0.6) is 0 Å². The Labute approximate surface area is 132 Å². The molecule has 2 atom stereocenters. The van der Waals surface area contributed by atoms with Gasteiger partial charge in [0.25, 0.3) is 5.91 Å². The number of nitrogens with zero attached hydrogens (tertiary/aromatic N) is 1. The molecular formula is C13H17NO8S. The SMILES string of the molecule is CO[C@@H]1C(=O)N2C(C(=O)OC(C)(C)C)=C(C(=O)O)CS(=O)(=O)C12. The molecule has 0 bridgehead atoms. The van der Waals surface area contributed by atoms with Crippen molar-refractivity contribution in [2.45, 2.75) is 37.9 Å². The number of hydrogen-bond donors (Lipinski definition) is 1. The fourth-order valence-electron chi connectivity index (χ4n) is 2.45. The summed E-state index contributed by atoms with van der Waals surface area (Å²) in [6.07, 6.45) is -1.26. The maximum atomic E-state index is 12.3. The Kier molecular flexibility index (Phi) is 4.02. The lowest BCUT2D eigenvalue weighted by Crippen LogP contribution is -2.71. The molecule has 9 nitrogen and oxygen atoms in total. The standard InChI is InChI=1S/C13H17NO8S/c1-13(2,3)22-12(18)7-6(11(16)17)5-23(19,20)10-8(21-4)9(15)14(7)10/h8,10H,5H2,1-4H3,(H,16,17)/t8-,10?/m1/s1. The van der Waals surface area contributed by atoms with Crippen LogP contribution in [0.2, 0.25) is 0 Å². The summed E-state index contributed by atoms with van der Waals surface area (Å²) in [5, 5.41) is 7.81. The number of rotatable bonds is 3. The lowest BCUT2D eigenvalue weighted by Gasteiger charge is -2.48. The number of hydrogen-bond acceptors (Lipinski definition) is 7. The third-order valence-corrected chi connectivity index (χ3v) is 5.22. The van der Waals surface area contributed by atoms with Crippen molar-refractivity contribution in [3.8, 4) is 0 Å². The van der Waals surface area contributed by atoms with Gasteiger partial charge in [-0.3, -0.25) is 9.69 Å². The highest BCUT2D eigenvalue weighted by Gasteiger charge is 2.61. The number of fused-ring (bicyclic) bond motifs is 1. The van der Waals surface area contributed by atoms with Gasteiger partial charge in [-0.25, -0.2) is 18.0 Å². The Morgan fingerprint density at radius 3 is 2.30 bits per heavy atom. The predicted molar refractivity (Wildman–Crippen MR) is 75.7 cm³/mol. The number of esters is 1. The summed E-state index contributed by atoms with van der Waals surface area (Å²) in [6.45, 7) is 4.70. The van der Waals surface area contributed by atoms with E-state index < -0.39 is 61.8 Å². The van der Waals surface area contributed by atoms with Gasteiger partial charge in [0.1, 0.15) is 11.3 Å². The number of β-lactam (4-membered cyclic amide) rings is 1. The summed E-state index contributed by atoms with van der Waals surface area (Å²) in [5.41, 5.74) is -2.17. The first-order valence-electron chi connectivity index (χ1n) is 6.68. The molecule has 2 aliphatic rings.